The first-order chi connectivity index (χ1) is 12.8. The molecule has 0 aromatic heterocycles. The van der Waals surface area contributed by atoms with Gasteiger partial charge in [-0.3, -0.25) is 4.79 Å². The topological polar surface area (TPSA) is 29.1 Å². The van der Waals surface area contributed by atoms with Gasteiger partial charge in [-0.15, -0.1) is 0 Å². The lowest BCUT2D eigenvalue weighted by Crippen LogP contribution is -2.35. The number of carbonyl (C=O) groups is 1. The molecule has 0 bridgehead atoms. The van der Waals surface area contributed by atoms with E-state index in [1.165, 1.54) is 16.7 Å². The van der Waals surface area contributed by atoms with Gasteiger partial charge >= 0.3 is 0 Å². The van der Waals surface area contributed by atoms with Crippen molar-refractivity contribution in [3.05, 3.63) is 108 Å². The Balaban J connectivity index is 2.01. The van der Waals surface area contributed by atoms with Crippen molar-refractivity contribution in [3.63, 3.8) is 0 Å². The summed E-state index contributed by atoms with van der Waals surface area (Å²) in [5, 5.41) is 2.86. The van der Waals surface area contributed by atoms with E-state index in [2.05, 4.69) is 96.3 Å². The second-order valence-corrected chi connectivity index (χ2v) is 6.79. The van der Waals surface area contributed by atoms with Crippen LogP contribution in [0.3, 0.4) is 0 Å². The molecule has 26 heavy (non-hydrogen) atoms. The Labute approximate surface area is 155 Å². The fourth-order valence-electron chi connectivity index (χ4n) is 3.72. The molecule has 2 heteroatoms. The molecule has 3 rings (SSSR count). The second-order valence-electron chi connectivity index (χ2n) is 6.79. The predicted octanol–water partition coefficient (Wildman–Crippen LogP) is 4.55. The molecule has 0 radical (unpaired) electrons. The molecule has 0 atom stereocenters. The second kappa shape index (κ2) is 9.00. The fraction of sp³-hybridized carbons (Fsp3) is 0.208. The third kappa shape index (κ3) is 4.60. The maximum atomic E-state index is 10.8. The molecule has 3 aromatic rings. The van der Waals surface area contributed by atoms with Crippen LogP contribution in [0.15, 0.2) is 91.0 Å². The van der Waals surface area contributed by atoms with Crippen molar-refractivity contribution >= 4 is 6.41 Å². The number of hydrogen-bond donors (Lipinski definition) is 1. The minimum Gasteiger partial charge on any atom is -0.359 e. The van der Waals surface area contributed by atoms with Crippen LogP contribution in [0.4, 0.5) is 0 Å². The largest absolute Gasteiger partial charge is 0.359 e. The first-order valence-corrected chi connectivity index (χ1v) is 9.13. The minimum absolute atomic E-state index is 0.0695. The van der Waals surface area contributed by atoms with Gasteiger partial charge in [-0.25, -0.2) is 0 Å². The molecule has 0 aliphatic rings. The number of carbonyl (C=O) groups excluding carboxylic acids is 1. The third-order valence-corrected chi connectivity index (χ3v) is 4.99. The molecule has 0 saturated carbocycles. The van der Waals surface area contributed by atoms with Gasteiger partial charge in [-0.1, -0.05) is 91.0 Å². The smallest absolute Gasteiger partial charge is 0.207 e. The maximum Gasteiger partial charge on any atom is 0.207 e. The number of nitrogens with one attached hydrogen (secondary N) is 1. The molecule has 0 saturated heterocycles. The van der Waals surface area contributed by atoms with Crippen molar-refractivity contribution in [2.24, 2.45) is 0 Å². The number of amides is 1. The average Bonchev–Trinajstić information content (AvgIpc) is 2.70. The number of rotatable bonds is 9. The Morgan fingerprint density at radius 2 is 1.15 bits per heavy atom. The highest BCUT2D eigenvalue weighted by molar-refractivity contribution is 5.46. The van der Waals surface area contributed by atoms with Crippen LogP contribution in [0, 0.1) is 0 Å². The van der Waals surface area contributed by atoms with Gasteiger partial charge in [0.15, 0.2) is 0 Å². The number of hydrogen-bond acceptors (Lipinski definition) is 1. The van der Waals surface area contributed by atoms with Crippen molar-refractivity contribution < 1.29 is 4.79 Å². The van der Waals surface area contributed by atoms with Crippen LogP contribution in [0.25, 0.3) is 0 Å². The lowest BCUT2D eigenvalue weighted by Gasteiger charge is -2.35. The van der Waals surface area contributed by atoms with Crippen molar-refractivity contribution in [3.8, 4) is 0 Å². The first kappa shape index (κ1) is 17.9. The Hall–Kier alpha value is -2.87. The number of benzene rings is 3. The summed E-state index contributed by atoms with van der Waals surface area (Å²) in [6, 6.07) is 31.9. The van der Waals surface area contributed by atoms with E-state index < -0.39 is 0 Å². The van der Waals surface area contributed by atoms with E-state index in [9.17, 15) is 4.79 Å². The van der Waals surface area contributed by atoms with E-state index in [-0.39, 0.29) is 5.41 Å². The van der Waals surface area contributed by atoms with Gasteiger partial charge in [0.2, 0.25) is 6.41 Å². The van der Waals surface area contributed by atoms with Gasteiger partial charge in [0.1, 0.15) is 0 Å². The molecule has 132 valence electrons. The highest BCUT2D eigenvalue weighted by Crippen LogP contribution is 2.35. The van der Waals surface area contributed by atoms with Crippen LogP contribution in [0.1, 0.15) is 23.1 Å². The Morgan fingerprint density at radius 1 is 0.692 bits per heavy atom. The zero-order valence-corrected chi connectivity index (χ0v) is 15.0. The van der Waals surface area contributed by atoms with E-state index >= 15 is 0 Å². The van der Waals surface area contributed by atoms with Crippen molar-refractivity contribution in [2.75, 3.05) is 6.54 Å². The van der Waals surface area contributed by atoms with E-state index in [1.54, 1.807) is 0 Å². The van der Waals surface area contributed by atoms with Crippen LogP contribution < -0.4 is 5.32 Å². The molecule has 0 unspecified atom stereocenters. The summed E-state index contributed by atoms with van der Waals surface area (Å²) in [6.07, 6.45) is 3.56. The molecule has 3 aromatic carbocycles. The van der Waals surface area contributed by atoms with Gasteiger partial charge in [-0.2, -0.15) is 0 Å². The molecule has 1 N–H and O–H groups in total. The van der Waals surface area contributed by atoms with Crippen LogP contribution >= 0.6 is 0 Å². The van der Waals surface area contributed by atoms with Gasteiger partial charge in [-0.05, 0) is 36.0 Å². The molecule has 0 aliphatic heterocycles. The zero-order valence-electron chi connectivity index (χ0n) is 15.0. The Bertz CT molecular complexity index is 743. The van der Waals surface area contributed by atoms with Gasteiger partial charge < -0.3 is 5.32 Å². The Kier molecular flexibility index (Phi) is 6.21. The average molecular weight is 343 g/mol. The Morgan fingerprint density at radius 3 is 1.62 bits per heavy atom. The van der Waals surface area contributed by atoms with Gasteiger partial charge in [0, 0.05) is 12.0 Å². The van der Waals surface area contributed by atoms with E-state index in [0.717, 1.165) is 25.7 Å². The zero-order chi connectivity index (χ0) is 18.1. The lowest BCUT2D eigenvalue weighted by atomic mass is 9.69. The highest BCUT2D eigenvalue weighted by atomic mass is 16.1. The normalized spacial score (nSPS) is 11.1. The van der Waals surface area contributed by atoms with Crippen molar-refractivity contribution in [1.82, 2.24) is 5.32 Å². The summed E-state index contributed by atoms with van der Waals surface area (Å²) in [7, 11) is 0. The molecule has 0 spiro atoms. The third-order valence-electron chi connectivity index (χ3n) is 4.99. The maximum absolute atomic E-state index is 10.8. The monoisotopic (exact) mass is 343 g/mol. The summed E-state index contributed by atoms with van der Waals surface area (Å²) in [4.78, 5) is 10.8. The first-order valence-electron chi connectivity index (χ1n) is 9.13. The van der Waals surface area contributed by atoms with Crippen LogP contribution in [-0.4, -0.2) is 13.0 Å². The standard InChI is InChI=1S/C24H25NO/c26-20-25-17-16-24(23-14-8-3-9-15-23,18-21-10-4-1-5-11-21)19-22-12-6-2-7-13-22/h1-15,20H,16-19H2,(H,25,26). The summed E-state index contributed by atoms with van der Waals surface area (Å²) in [6.45, 7) is 0.665. The lowest BCUT2D eigenvalue weighted by molar-refractivity contribution is -0.109. The van der Waals surface area contributed by atoms with Crippen LogP contribution in [0.5, 0.6) is 0 Å². The quantitative estimate of drug-likeness (QED) is 0.448. The van der Waals surface area contributed by atoms with E-state index in [4.69, 9.17) is 0 Å². The highest BCUT2D eigenvalue weighted by Gasteiger charge is 2.32. The molecular weight excluding hydrogens is 318 g/mol. The SMILES string of the molecule is O=CNCCC(Cc1ccccc1)(Cc1ccccc1)c1ccccc1. The molecular formula is C24H25NO. The van der Waals surface area contributed by atoms with Crippen molar-refractivity contribution in [2.45, 2.75) is 24.7 Å². The summed E-state index contributed by atoms with van der Waals surface area (Å²) < 4.78 is 0. The minimum atomic E-state index is -0.0695. The molecule has 1 amide bonds. The van der Waals surface area contributed by atoms with E-state index in [1.807, 2.05) is 0 Å². The summed E-state index contributed by atoms with van der Waals surface area (Å²) in [5.41, 5.74) is 3.89. The van der Waals surface area contributed by atoms with Gasteiger partial charge in [0.25, 0.3) is 0 Å². The molecule has 0 aliphatic carbocycles. The molecule has 0 heterocycles. The predicted molar refractivity (Wildman–Crippen MR) is 107 cm³/mol. The molecule has 2 nitrogen and oxygen atoms in total. The summed E-state index contributed by atoms with van der Waals surface area (Å²) >= 11 is 0. The van der Waals surface area contributed by atoms with Crippen LogP contribution in [-0.2, 0) is 23.1 Å². The van der Waals surface area contributed by atoms with Crippen molar-refractivity contribution in [1.29, 1.82) is 0 Å². The van der Waals surface area contributed by atoms with Gasteiger partial charge in [0.05, 0.1) is 0 Å². The molecule has 0 fully saturated rings. The van der Waals surface area contributed by atoms with Crippen LogP contribution in [0.2, 0.25) is 0 Å². The summed E-state index contributed by atoms with van der Waals surface area (Å²) in [5.74, 6) is 0. The van der Waals surface area contributed by atoms with E-state index in [0.29, 0.717) is 6.54 Å². The fourth-order valence-corrected chi connectivity index (χ4v) is 3.72.